The molecule has 0 fully saturated rings. The summed E-state index contributed by atoms with van der Waals surface area (Å²) in [6, 6.07) is 4.81. The first kappa shape index (κ1) is 24.1. The van der Waals surface area contributed by atoms with Crippen LogP contribution in [0.2, 0.25) is 5.02 Å². The molecule has 9 heteroatoms. The molecule has 0 unspecified atom stereocenters. The largest absolute Gasteiger partial charge is 0.496 e. The molecule has 2 rings (SSSR count). The number of carbonyl (C=O) groups is 1. The van der Waals surface area contributed by atoms with Crippen LogP contribution in [0.5, 0.6) is 5.75 Å². The van der Waals surface area contributed by atoms with Gasteiger partial charge in [0.05, 0.1) is 25.3 Å². The number of carbonyl (C=O) groups excluding carboxylic acids is 1. The lowest BCUT2D eigenvalue weighted by Gasteiger charge is -2.17. The Kier molecular flexibility index (Phi) is 7.80. The second-order valence-corrected chi connectivity index (χ2v) is 7.87. The molecule has 0 amide bonds. The van der Waals surface area contributed by atoms with Gasteiger partial charge < -0.3 is 9.47 Å². The third-order valence-electron chi connectivity index (χ3n) is 4.52. The highest BCUT2D eigenvalue weighted by Gasteiger charge is 2.36. The van der Waals surface area contributed by atoms with Gasteiger partial charge in [-0.15, -0.1) is 0 Å². The standard InChI is InChI=1S/C21H26ClF3N2O3/c1-6-30-20(28)18-17(22)19(27(26-18)11-12(2)3)15-8-7-14(10-16(15)29-5)9-13(4)21(23,24)25/h7-8,10,12-13H,6,9,11H2,1-5H3/t13-/m1/s1. The van der Waals surface area contributed by atoms with E-state index < -0.39 is 18.1 Å². The van der Waals surface area contributed by atoms with Crippen LogP contribution in [-0.2, 0) is 17.7 Å². The van der Waals surface area contributed by atoms with Gasteiger partial charge in [-0.05, 0) is 37.0 Å². The summed E-state index contributed by atoms with van der Waals surface area (Å²) in [6.07, 6.45) is -4.45. The Bertz CT molecular complexity index is 894. The number of esters is 1. The molecule has 0 radical (unpaired) electrons. The Labute approximate surface area is 179 Å². The van der Waals surface area contributed by atoms with Crippen molar-refractivity contribution in [3.63, 3.8) is 0 Å². The Morgan fingerprint density at radius 3 is 2.47 bits per heavy atom. The molecule has 1 aromatic carbocycles. The second kappa shape index (κ2) is 9.73. The molecule has 0 saturated carbocycles. The Morgan fingerprint density at radius 2 is 1.93 bits per heavy atom. The van der Waals surface area contributed by atoms with Crippen LogP contribution < -0.4 is 4.74 Å². The van der Waals surface area contributed by atoms with Crippen molar-refractivity contribution < 1.29 is 27.4 Å². The maximum Gasteiger partial charge on any atom is 0.391 e. The maximum absolute atomic E-state index is 12.9. The van der Waals surface area contributed by atoms with Crippen LogP contribution in [0, 0.1) is 11.8 Å². The lowest BCUT2D eigenvalue weighted by molar-refractivity contribution is -0.169. The smallest absolute Gasteiger partial charge is 0.391 e. The maximum atomic E-state index is 12.9. The number of halogens is 4. The zero-order chi connectivity index (χ0) is 22.6. The van der Waals surface area contributed by atoms with Gasteiger partial charge in [0.2, 0.25) is 0 Å². The first-order valence-corrected chi connectivity index (χ1v) is 10.0. The molecular formula is C21H26ClF3N2O3. The molecule has 166 valence electrons. The highest BCUT2D eigenvalue weighted by Crippen LogP contribution is 2.39. The van der Waals surface area contributed by atoms with Crippen molar-refractivity contribution in [1.82, 2.24) is 9.78 Å². The first-order valence-electron chi connectivity index (χ1n) is 9.66. The van der Waals surface area contributed by atoms with Crippen LogP contribution in [0.25, 0.3) is 11.3 Å². The number of alkyl halides is 3. The molecule has 1 atom stereocenters. The van der Waals surface area contributed by atoms with Crippen LogP contribution in [0.3, 0.4) is 0 Å². The van der Waals surface area contributed by atoms with Gasteiger partial charge in [0, 0.05) is 12.1 Å². The van der Waals surface area contributed by atoms with Crippen LogP contribution in [0.4, 0.5) is 13.2 Å². The van der Waals surface area contributed by atoms with Crippen LogP contribution in [0.15, 0.2) is 18.2 Å². The van der Waals surface area contributed by atoms with Crippen molar-refractivity contribution >= 4 is 17.6 Å². The summed E-state index contributed by atoms with van der Waals surface area (Å²) in [5.41, 5.74) is 1.47. The van der Waals surface area contributed by atoms with Gasteiger partial charge in [-0.25, -0.2) is 4.79 Å². The number of hydrogen-bond donors (Lipinski definition) is 0. The van der Waals surface area contributed by atoms with E-state index in [0.717, 1.165) is 6.92 Å². The van der Waals surface area contributed by atoms with E-state index in [0.29, 0.717) is 29.1 Å². The molecule has 2 aromatic rings. The van der Waals surface area contributed by atoms with E-state index in [-0.39, 0.29) is 29.7 Å². The lowest BCUT2D eigenvalue weighted by atomic mass is 9.98. The van der Waals surface area contributed by atoms with Crippen molar-refractivity contribution in [1.29, 1.82) is 0 Å². The topological polar surface area (TPSA) is 53.3 Å². The lowest BCUT2D eigenvalue weighted by Crippen LogP contribution is -2.21. The number of methoxy groups -OCH3 is 1. The fourth-order valence-electron chi connectivity index (χ4n) is 3.03. The van der Waals surface area contributed by atoms with E-state index in [4.69, 9.17) is 21.1 Å². The first-order chi connectivity index (χ1) is 14.0. The van der Waals surface area contributed by atoms with E-state index in [9.17, 15) is 18.0 Å². The van der Waals surface area contributed by atoms with Crippen LogP contribution >= 0.6 is 11.6 Å². The predicted molar refractivity (Wildman–Crippen MR) is 109 cm³/mol. The quantitative estimate of drug-likeness (QED) is 0.482. The molecule has 30 heavy (non-hydrogen) atoms. The zero-order valence-electron chi connectivity index (χ0n) is 17.6. The summed E-state index contributed by atoms with van der Waals surface area (Å²) in [6.45, 7) is 7.45. The molecule has 5 nitrogen and oxygen atoms in total. The molecule has 0 bridgehead atoms. The molecular weight excluding hydrogens is 421 g/mol. The molecule has 0 aliphatic carbocycles. The highest BCUT2D eigenvalue weighted by atomic mass is 35.5. The van der Waals surface area contributed by atoms with Crippen molar-refractivity contribution in [2.45, 2.75) is 46.8 Å². The van der Waals surface area contributed by atoms with Gasteiger partial charge in [-0.2, -0.15) is 18.3 Å². The Hall–Kier alpha value is -2.22. The number of benzene rings is 1. The summed E-state index contributed by atoms with van der Waals surface area (Å²) in [5, 5.41) is 4.44. The third kappa shape index (κ3) is 5.47. The van der Waals surface area contributed by atoms with Crippen LogP contribution in [-0.4, -0.2) is 35.6 Å². The van der Waals surface area contributed by atoms with Gasteiger partial charge in [0.1, 0.15) is 10.8 Å². The fourth-order valence-corrected chi connectivity index (χ4v) is 3.35. The molecule has 0 saturated heterocycles. The molecule has 0 aliphatic rings. The fraction of sp³-hybridized carbons (Fsp3) is 0.524. The van der Waals surface area contributed by atoms with Gasteiger partial charge in [0.25, 0.3) is 0 Å². The number of hydrogen-bond acceptors (Lipinski definition) is 4. The molecule has 0 N–H and O–H groups in total. The Morgan fingerprint density at radius 1 is 1.27 bits per heavy atom. The summed E-state index contributed by atoms with van der Waals surface area (Å²) in [4.78, 5) is 12.3. The number of aromatic nitrogens is 2. The van der Waals surface area contributed by atoms with E-state index in [1.54, 1.807) is 29.8 Å². The van der Waals surface area contributed by atoms with Crippen LogP contribution in [0.1, 0.15) is 43.7 Å². The monoisotopic (exact) mass is 446 g/mol. The van der Waals surface area contributed by atoms with E-state index in [1.165, 1.54) is 7.11 Å². The normalized spacial score (nSPS) is 12.9. The van der Waals surface area contributed by atoms with Gasteiger partial charge in [-0.3, -0.25) is 4.68 Å². The minimum absolute atomic E-state index is 0.00834. The van der Waals surface area contributed by atoms with Crippen molar-refractivity contribution in [3.8, 4) is 17.0 Å². The SMILES string of the molecule is CCOC(=O)c1nn(CC(C)C)c(-c2ccc(C[C@@H](C)C(F)(F)F)cc2OC)c1Cl. The zero-order valence-corrected chi connectivity index (χ0v) is 18.4. The minimum atomic E-state index is -4.28. The summed E-state index contributed by atoms with van der Waals surface area (Å²) in [5.74, 6) is -1.57. The van der Waals surface area contributed by atoms with Gasteiger partial charge in [-0.1, -0.05) is 38.4 Å². The number of nitrogens with zero attached hydrogens (tertiary/aromatic N) is 2. The highest BCUT2D eigenvalue weighted by molar-refractivity contribution is 6.36. The van der Waals surface area contributed by atoms with Gasteiger partial charge in [0.15, 0.2) is 5.69 Å². The van der Waals surface area contributed by atoms with Gasteiger partial charge >= 0.3 is 12.1 Å². The summed E-state index contributed by atoms with van der Waals surface area (Å²) in [7, 11) is 1.43. The molecule has 1 heterocycles. The summed E-state index contributed by atoms with van der Waals surface area (Å²) >= 11 is 6.50. The minimum Gasteiger partial charge on any atom is -0.496 e. The molecule has 0 aliphatic heterocycles. The molecule has 1 aromatic heterocycles. The molecule has 0 spiro atoms. The van der Waals surface area contributed by atoms with E-state index in [2.05, 4.69) is 5.10 Å². The van der Waals surface area contributed by atoms with E-state index in [1.807, 2.05) is 13.8 Å². The van der Waals surface area contributed by atoms with Crippen molar-refractivity contribution in [3.05, 3.63) is 34.5 Å². The van der Waals surface area contributed by atoms with Crippen molar-refractivity contribution in [2.24, 2.45) is 11.8 Å². The Balaban J connectivity index is 2.54. The van der Waals surface area contributed by atoms with E-state index >= 15 is 0 Å². The third-order valence-corrected chi connectivity index (χ3v) is 4.88. The number of ether oxygens (including phenoxy) is 2. The summed E-state index contributed by atoms with van der Waals surface area (Å²) < 4.78 is 50.9. The van der Waals surface area contributed by atoms with Crippen molar-refractivity contribution in [2.75, 3.05) is 13.7 Å². The predicted octanol–water partition coefficient (Wildman–Crippen LogP) is 5.79. The number of rotatable bonds is 8. The average molecular weight is 447 g/mol. The second-order valence-electron chi connectivity index (χ2n) is 7.49. The average Bonchev–Trinajstić information content (AvgIpc) is 2.96.